The molecule has 0 amide bonds. The number of rotatable bonds is 4. The molecule has 1 aliphatic heterocycles. The first-order valence-corrected chi connectivity index (χ1v) is 6.20. The van der Waals surface area contributed by atoms with Crippen LogP contribution >= 0.6 is 0 Å². The van der Waals surface area contributed by atoms with Crippen molar-refractivity contribution in [1.82, 2.24) is 9.55 Å². The standard InChI is InChI=1S/C13H16N2O5/c1-3-4-19-9-5-11(20-10(9)7-16)15-6-8(2)12(17)14-13(15)18/h1,6,9-11,16H,4-5,7H2,2H3,(H,14,17,18)/t9?,10-,11-/m1/s1. The van der Waals surface area contributed by atoms with Gasteiger partial charge in [0.05, 0.1) is 12.7 Å². The summed E-state index contributed by atoms with van der Waals surface area (Å²) in [6, 6.07) is 0. The van der Waals surface area contributed by atoms with Gasteiger partial charge in [-0.1, -0.05) is 5.92 Å². The highest BCUT2D eigenvalue weighted by atomic mass is 16.6. The molecule has 7 nitrogen and oxygen atoms in total. The van der Waals surface area contributed by atoms with Gasteiger partial charge < -0.3 is 14.6 Å². The first-order chi connectivity index (χ1) is 9.56. The molecule has 0 aromatic carbocycles. The number of aliphatic hydroxyl groups excluding tert-OH is 1. The summed E-state index contributed by atoms with van der Waals surface area (Å²) < 4.78 is 12.3. The lowest BCUT2D eigenvalue weighted by Gasteiger charge is -2.15. The third kappa shape index (κ3) is 2.82. The van der Waals surface area contributed by atoms with Crippen molar-refractivity contribution in [2.45, 2.75) is 31.8 Å². The molecule has 2 rings (SSSR count). The van der Waals surface area contributed by atoms with Crippen LogP contribution in [0.5, 0.6) is 0 Å². The Hall–Kier alpha value is -1.88. The molecule has 1 aromatic rings. The number of hydrogen-bond donors (Lipinski definition) is 2. The number of aromatic amines is 1. The zero-order valence-corrected chi connectivity index (χ0v) is 11.0. The number of aryl methyl sites for hydroxylation is 1. The van der Waals surface area contributed by atoms with Crippen LogP contribution in [0, 0.1) is 19.3 Å². The van der Waals surface area contributed by atoms with Crippen molar-refractivity contribution in [3.8, 4) is 12.3 Å². The summed E-state index contributed by atoms with van der Waals surface area (Å²) in [7, 11) is 0. The van der Waals surface area contributed by atoms with Crippen LogP contribution in [0.4, 0.5) is 0 Å². The highest BCUT2D eigenvalue weighted by molar-refractivity contribution is 5.02. The number of H-pyrrole nitrogens is 1. The van der Waals surface area contributed by atoms with Gasteiger partial charge in [-0.15, -0.1) is 6.42 Å². The van der Waals surface area contributed by atoms with Crippen LogP contribution in [0.15, 0.2) is 15.8 Å². The zero-order valence-electron chi connectivity index (χ0n) is 11.0. The molecule has 1 saturated heterocycles. The molecule has 7 heteroatoms. The number of ether oxygens (including phenoxy) is 2. The fraction of sp³-hybridized carbons (Fsp3) is 0.538. The second-order valence-corrected chi connectivity index (χ2v) is 4.58. The van der Waals surface area contributed by atoms with E-state index in [0.717, 1.165) is 0 Å². The van der Waals surface area contributed by atoms with Crippen molar-refractivity contribution >= 4 is 0 Å². The van der Waals surface area contributed by atoms with Crippen LogP contribution in [-0.4, -0.2) is 40.1 Å². The van der Waals surface area contributed by atoms with Gasteiger partial charge >= 0.3 is 5.69 Å². The zero-order chi connectivity index (χ0) is 14.7. The van der Waals surface area contributed by atoms with Crippen molar-refractivity contribution in [3.63, 3.8) is 0 Å². The molecule has 0 aliphatic carbocycles. The summed E-state index contributed by atoms with van der Waals surface area (Å²) in [4.78, 5) is 25.3. The fourth-order valence-electron chi connectivity index (χ4n) is 2.17. The molecule has 108 valence electrons. The largest absolute Gasteiger partial charge is 0.394 e. The molecule has 3 atom stereocenters. The average Bonchev–Trinajstić information content (AvgIpc) is 2.83. The smallest absolute Gasteiger partial charge is 0.330 e. The van der Waals surface area contributed by atoms with Gasteiger partial charge in [0, 0.05) is 18.2 Å². The molecule has 0 bridgehead atoms. The Morgan fingerprint density at radius 2 is 2.40 bits per heavy atom. The van der Waals surface area contributed by atoms with E-state index in [0.29, 0.717) is 12.0 Å². The first-order valence-electron chi connectivity index (χ1n) is 6.20. The summed E-state index contributed by atoms with van der Waals surface area (Å²) >= 11 is 0. The third-order valence-electron chi connectivity index (χ3n) is 3.20. The van der Waals surface area contributed by atoms with Crippen molar-refractivity contribution in [2.24, 2.45) is 0 Å². The monoisotopic (exact) mass is 280 g/mol. The van der Waals surface area contributed by atoms with Crippen LogP contribution < -0.4 is 11.2 Å². The van der Waals surface area contributed by atoms with E-state index >= 15 is 0 Å². The second-order valence-electron chi connectivity index (χ2n) is 4.58. The van der Waals surface area contributed by atoms with E-state index in [1.165, 1.54) is 10.8 Å². The predicted octanol–water partition coefficient (Wildman–Crippen LogP) is -0.857. The number of nitrogens with zero attached hydrogens (tertiary/aromatic N) is 1. The van der Waals surface area contributed by atoms with Gasteiger partial charge in [0.2, 0.25) is 0 Å². The Bertz CT molecular complexity index is 627. The molecule has 1 aromatic heterocycles. The normalized spacial score (nSPS) is 25.6. The Kier molecular flexibility index (Phi) is 4.39. The third-order valence-corrected chi connectivity index (χ3v) is 3.20. The van der Waals surface area contributed by atoms with Crippen LogP contribution in [0.2, 0.25) is 0 Å². The van der Waals surface area contributed by atoms with Crippen molar-refractivity contribution in [3.05, 3.63) is 32.6 Å². The summed E-state index contributed by atoms with van der Waals surface area (Å²) in [5.74, 6) is 2.35. The molecule has 0 radical (unpaired) electrons. The van der Waals surface area contributed by atoms with Crippen LogP contribution in [-0.2, 0) is 9.47 Å². The average molecular weight is 280 g/mol. The highest BCUT2D eigenvalue weighted by Crippen LogP contribution is 2.29. The van der Waals surface area contributed by atoms with Crippen LogP contribution in [0.1, 0.15) is 18.2 Å². The predicted molar refractivity (Wildman–Crippen MR) is 70.2 cm³/mol. The number of hydrogen-bond acceptors (Lipinski definition) is 5. The molecule has 0 spiro atoms. The van der Waals surface area contributed by atoms with Crippen molar-refractivity contribution in [2.75, 3.05) is 13.2 Å². The van der Waals surface area contributed by atoms with Gasteiger partial charge in [0.25, 0.3) is 5.56 Å². The first kappa shape index (κ1) is 14.5. The highest BCUT2D eigenvalue weighted by Gasteiger charge is 2.37. The van der Waals surface area contributed by atoms with Gasteiger partial charge in [-0.3, -0.25) is 14.3 Å². The molecule has 0 saturated carbocycles. The second kappa shape index (κ2) is 6.05. The maximum atomic E-state index is 11.8. The van der Waals surface area contributed by atoms with E-state index in [-0.39, 0.29) is 19.3 Å². The number of aromatic nitrogens is 2. The van der Waals surface area contributed by atoms with Crippen molar-refractivity contribution < 1.29 is 14.6 Å². The minimum atomic E-state index is -0.599. The van der Waals surface area contributed by atoms with E-state index in [2.05, 4.69) is 10.9 Å². The SMILES string of the molecule is C#CCOC1C[C@H](n2cc(C)c(=O)[nH]c2=O)O[C@@H]1CO. The molecular formula is C13H16N2O5. The molecule has 20 heavy (non-hydrogen) atoms. The Labute approximate surface area is 115 Å². The van der Waals surface area contributed by atoms with Gasteiger partial charge in [0.15, 0.2) is 0 Å². The topological polar surface area (TPSA) is 93.6 Å². The minimum absolute atomic E-state index is 0.108. The molecule has 1 fully saturated rings. The van der Waals surface area contributed by atoms with E-state index in [4.69, 9.17) is 15.9 Å². The number of aliphatic hydroxyl groups is 1. The van der Waals surface area contributed by atoms with Gasteiger partial charge in [-0.05, 0) is 6.92 Å². The lowest BCUT2D eigenvalue weighted by molar-refractivity contribution is -0.0576. The molecular weight excluding hydrogens is 264 g/mol. The van der Waals surface area contributed by atoms with Crippen LogP contribution in [0.25, 0.3) is 0 Å². The lowest BCUT2D eigenvalue weighted by Crippen LogP contribution is -2.33. The van der Waals surface area contributed by atoms with Gasteiger partial charge in [0.1, 0.15) is 18.9 Å². The summed E-state index contributed by atoms with van der Waals surface area (Å²) in [5.41, 5.74) is -0.579. The molecule has 1 aliphatic rings. The Balaban J connectivity index is 2.23. The number of terminal acetylenes is 1. The maximum Gasteiger partial charge on any atom is 0.330 e. The summed E-state index contributed by atoms with van der Waals surface area (Å²) in [6.45, 7) is 1.47. The lowest BCUT2D eigenvalue weighted by atomic mass is 10.2. The molecule has 2 heterocycles. The van der Waals surface area contributed by atoms with E-state index in [1.54, 1.807) is 6.92 Å². The van der Waals surface area contributed by atoms with E-state index < -0.39 is 23.6 Å². The van der Waals surface area contributed by atoms with Gasteiger partial charge in [-0.2, -0.15) is 0 Å². The van der Waals surface area contributed by atoms with Gasteiger partial charge in [-0.25, -0.2) is 4.79 Å². The van der Waals surface area contributed by atoms with Crippen LogP contribution in [0.3, 0.4) is 0 Å². The Morgan fingerprint density at radius 1 is 1.65 bits per heavy atom. The minimum Gasteiger partial charge on any atom is -0.394 e. The summed E-state index contributed by atoms with van der Waals surface area (Å²) in [6.07, 6.45) is 5.40. The van der Waals surface area contributed by atoms with Crippen molar-refractivity contribution in [1.29, 1.82) is 0 Å². The van der Waals surface area contributed by atoms with E-state index in [9.17, 15) is 14.7 Å². The fourth-order valence-corrected chi connectivity index (χ4v) is 2.17. The quantitative estimate of drug-likeness (QED) is 0.700. The summed E-state index contributed by atoms with van der Waals surface area (Å²) in [5, 5.41) is 9.27. The molecule has 2 N–H and O–H groups in total. The number of nitrogens with one attached hydrogen (secondary N) is 1. The van der Waals surface area contributed by atoms with E-state index in [1.807, 2.05) is 0 Å². The molecule has 1 unspecified atom stereocenters. The maximum absolute atomic E-state index is 11.8. The Morgan fingerprint density at radius 3 is 3.05 bits per heavy atom.